The summed E-state index contributed by atoms with van der Waals surface area (Å²) in [4.78, 5) is 0. The summed E-state index contributed by atoms with van der Waals surface area (Å²) in [5.74, 6) is -0.298. The molecule has 2 nitrogen and oxygen atoms in total. The fraction of sp³-hybridized carbons (Fsp3) is 0.200. The average molecular weight is 342 g/mol. The number of para-hydroxylation sites is 1. The normalized spacial score (nSPS) is 10.6. The van der Waals surface area contributed by atoms with Crippen molar-refractivity contribution in [2.24, 2.45) is 0 Å². The highest BCUT2D eigenvalue weighted by Crippen LogP contribution is 2.30. The van der Waals surface area contributed by atoms with Gasteiger partial charge in [-0.15, -0.1) is 0 Å². The van der Waals surface area contributed by atoms with Crippen molar-refractivity contribution < 1.29 is 13.5 Å². The predicted molar refractivity (Wildman–Crippen MR) is 78.0 cm³/mol. The highest BCUT2D eigenvalue weighted by atomic mass is 79.9. The molecule has 0 unspecified atom stereocenters. The predicted octanol–water partition coefficient (Wildman–Crippen LogP) is 4.63. The standard InChI is InChI=1S/C15H14BrF2NO/c1-2-19-9-10-4-3-5-14(18)15(10)20-11-6-7-13(17)12(16)8-11/h3-8,19H,2,9H2,1H3. The van der Waals surface area contributed by atoms with E-state index in [0.717, 1.165) is 6.54 Å². The summed E-state index contributed by atoms with van der Waals surface area (Å²) in [6.45, 7) is 3.25. The molecule has 5 heteroatoms. The molecular weight excluding hydrogens is 328 g/mol. The van der Waals surface area contributed by atoms with Gasteiger partial charge in [0, 0.05) is 12.1 Å². The van der Waals surface area contributed by atoms with Gasteiger partial charge in [-0.2, -0.15) is 0 Å². The summed E-state index contributed by atoms with van der Waals surface area (Å²) in [6, 6.07) is 8.96. The van der Waals surface area contributed by atoms with E-state index in [4.69, 9.17) is 4.74 Å². The maximum Gasteiger partial charge on any atom is 0.167 e. The van der Waals surface area contributed by atoms with E-state index in [0.29, 0.717) is 17.9 Å². The lowest BCUT2D eigenvalue weighted by Crippen LogP contribution is -2.12. The van der Waals surface area contributed by atoms with E-state index >= 15 is 0 Å². The summed E-state index contributed by atoms with van der Waals surface area (Å²) in [7, 11) is 0. The van der Waals surface area contributed by atoms with Crippen LogP contribution in [0.25, 0.3) is 0 Å². The summed E-state index contributed by atoms with van der Waals surface area (Å²) in [6.07, 6.45) is 0. The van der Waals surface area contributed by atoms with E-state index < -0.39 is 11.6 Å². The molecule has 0 amide bonds. The molecule has 20 heavy (non-hydrogen) atoms. The lowest BCUT2D eigenvalue weighted by atomic mass is 10.2. The van der Waals surface area contributed by atoms with E-state index in [-0.39, 0.29) is 10.2 Å². The minimum absolute atomic E-state index is 0.159. The second-order valence-electron chi connectivity index (χ2n) is 4.19. The summed E-state index contributed by atoms with van der Waals surface area (Å²) < 4.78 is 32.9. The Morgan fingerprint density at radius 2 is 1.95 bits per heavy atom. The monoisotopic (exact) mass is 341 g/mol. The van der Waals surface area contributed by atoms with Gasteiger partial charge in [-0.3, -0.25) is 0 Å². The maximum absolute atomic E-state index is 13.9. The zero-order valence-corrected chi connectivity index (χ0v) is 12.5. The van der Waals surface area contributed by atoms with Gasteiger partial charge < -0.3 is 10.1 Å². The molecule has 0 aliphatic heterocycles. The van der Waals surface area contributed by atoms with Crippen molar-refractivity contribution in [3.63, 3.8) is 0 Å². The van der Waals surface area contributed by atoms with E-state index in [1.54, 1.807) is 12.1 Å². The van der Waals surface area contributed by atoms with Crippen LogP contribution in [0.3, 0.4) is 0 Å². The van der Waals surface area contributed by atoms with Crippen LogP contribution < -0.4 is 10.1 Å². The Balaban J connectivity index is 2.29. The Morgan fingerprint density at radius 3 is 2.65 bits per heavy atom. The molecule has 0 aliphatic carbocycles. The molecule has 1 N–H and O–H groups in total. The van der Waals surface area contributed by atoms with Gasteiger partial charge in [-0.1, -0.05) is 19.1 Å². The summed E-state index contributed by atoms with van der Waals surface area (Å²) in [5, 5.41) is 3.12. The van der Waals surface area contributed by atoms with Crippen molar-refractivity contribution >= 4 is 15.9 Å². The topological polar surface area (TPSA) is 21.3 Å². The van der Waals surface area contributed by atoms with Crippen LogP contribution in [0.5, 0.6) is 11.5 Å². The fourth-order valence-electron chi connectivity index (χ4n) is 1.72. The van der Waals surface area contributed by atoms with Gasteiger partial charge in [-0.25, -0.2) is 8.78 Å². The molecular formula is C15H14BrF2NO. The Labute approximate surface area is 124 Å². The Hall–Kier alpha value is -1.46. The first kappa shape index (κ1) is 14.9. The Bertz CT molecular complexity index is 604. The molecule has 0 atom stereocenters. The quantitative estimate of drug-likeness (QED) is 0.856. The van der Waals surface area contributed by atoms with Gasteiger partial charge in [0.05, 0.1) is 4.47 Å². The van der Waals surface area contributed by atoms with Crippen LogP contribution in [0.15, 0.2) is 40.9 Å². The minimum atomic E-state index is -0.444. The lowest BCUT2D eigenvalue weighted by Gasteiger charge is -2.12. The van der Waals surface area contributed by atoms with Crippen molar-refractivity contribution in [3.8, 4) is 11.5 Å². The molecule has 2 aromatic carbocycles. The van der Waals surface area contributed by atoms with Crippen molar-refractivity contribution in [1.29, 1.82) is 0 Å². The van der Waals surface area contributed by atoms with E-state index in [1.165, 1.54) is 24.3 Å². The highest BCUT2D eigenvalue weighted by molar-refractivity contribution is 9.10. The number of benzene rings is 2. The third kappa shape index (κ3) is 3.55. The maximum atomic E-state index is 13.9. The molecule has 0 aliphatic rings. The van der Waals surface area contributed by atoms with Crippen LogP contribution in [0.1, 0.15) is 12.5 Å². The number of halogens is 3. The number of rotatable bonds is 5. The molecule has 0 radical (unpaired) electrons. The molecule has 0 spiro atoms. The fourth-order valence-corrected chi connectivity index (χ4v) is 2.08. The zero-order valence-electron chi connectivity index (χ0n) is 10.9. The van der Waals surface area contributed by atoms with Gasteiger partial charge >= 0.3 is 0 Å². The van der Waals surface area contributed by atoms with Crippen molar-refractivity contribution in [1.82, 2.24) is 5.32 Å². The Kier molecular flexibility index (Phi) is 5.09. The number of ether oxygens (including phenoxy) is 1. The molecule has 0 saturated carbocycles. The largest absolute Gasteiger partial charge is 0.454 e. The number of hydrogen-bond donors (Lipinski definition) is 1. The Morgan fingerprint density at radius 1 is 1.15 bits per heavy atom. The van der Waals surface area contributed by atoms with Gasteiger partial charge in [0.2, 0.25) is 0 Å². The zero-order chi connectivity index (χ0) is 14.5. The van der Waals surface area contributed by atoms with Crippen LogP contribution in [0, 0.1) is 11.6 Å². The molecule has 0 bridgehead atoms. The first-order chi connectivity index (χ1) is 9.61. The molecule has 0 saturated heterocycles. The van der Waals surface area contributed by atoms with Gasteiger partial charge in [0.1, 0.15) is 11.6 Å². The molecule has 0 heterocycles. The molecule has 0 aromatic heterocycles. The molecule has 0 fully saturated rings. The highest BCUT2D eigenvalue weighted by Gasteiger charge is 2.11. The van der Waals surface area contributed by atoms with Gasteiger partial charge in [-0.05, 0) is 46.7 Å². The third-order valence-corrected chi connectivity index (χ3v) is 3.33. The second kappa shape index (κ2) is 6.81. The second-order valence-corrected chi connectivity index (χ2v) is 5.04. The SMILES string of the molecule is CCNCc1cccc(F)c1Oc1ccc(F)c(Br)c1. The van der Waals surface area contributed by atoms with Crippen molar-refractivity contribution in [2.45, 2.75) is 13.5 Å². The molecule has 2 aromatic rings. The number of hydrogen-bond acceptors (Lipinski definition) is 2. The smallest absolute Gasteiger partial charge is 0.167 e. The molecule has 2 rings (SSSR count). The van der Waals surface area contributed by atoms with E-state index in [1.807, 2.05) is 6.92 Å². The third-order valence-electron chi connectivity index (χ3n) is 2.72. The van der Waals surface area contributed by atoms with E-state index in [2.05, 4.69) is 21.2 Å². The van der Waals surface area contributed by atoms with Crippen molar-refractivity contribution in [2.75, 3.05) is 6.54 Å². The van der Waals surface area contributed by atoms with Crippen LogP contribution in [0.4, 0.5) is 8.78 Å². The van der Waals surface area contributed by atoms with Crippen molar-refractivity contribution in [3.05, 3.63) is 58.1 Å². The van der Waals surface area contributed by atoms with Crippen LogP contribution in [-0.2, 0) is 6.54 Å². The van der Waals surface area contributed by atoms with Gasteiger partial charge in [0.15, 0.2) is 11.6 Å². The van der Waals surface area contributed by atoms with Crippen LogP contribution in [-0.4, -0.2) is 6.54 Å². The van der Waals surface area contributed by atoms with Crippen LogP contribution >= 0.6 is 15.9 Å². The minimum Gasteiger partial charge on any atom is -0.454 e. The summed E-state index contributed by atoms with van der Waals surface area (Å²) >= 11 is 3.08. The lowest BCUT2D eigenvalue weighted by molar-refractivity contribution is 0.432. The van der Waals surface area contributed by atoms with E-state index in [9.17, 15) is 8.78 Å². The molecule has 106 valence electrons. The van der Waals surface area contributed by atoms with Gasteiger partial charge in [0.25, 0.3) is 0 Å². The summed E-state index contributed by atoms with van der Waals surface area (Å²) in [5.41, 5.74) is 0.715. The first-order valence-electron chi connectivity index (χ1n) is 6.23. The number of nitrogens with one attached hydrogen (secondary N) is 1. The average Bonchev–Trinajstić information content (AvgIpc) is 2.43. The van der Waals surface area contributed by atoms with Crippen LogP contribution in [0.2, 0.25) is 0 Å². The first-order valence-corrected chi connectivity index (χ1v) is 7.02.